The highest BCUT2D eigenvalue weighted by Gasteiger charge is 2.53. The van der Waals surface area contributed by atoms with Gasteiger partial charge in [-0.15, -0.1) is 33.1 Å². The topological polar surface area (TPSA) is 111 Å². The highest BCUT2D eigenvalue weighted by atomic mass is 35.5. The lowest BCUT2D eigenvalue weighted by Crippen LogP contribution is -2.55. The van der Waals surface area contributed by atoms with Gasteiger partial charge in [0.05, 0.1) is 22.2 Å². The van der Waals surface area contributed by atoms with Gasteiger partial charge in [0.1, 0.15) is 30.5 Å². The van der Waals surface area contributed by atoms with E-state index in [1.807, 2.05) is 6.07 Å². The summed E-state index contributed by atoms with van der Waals surface area (Å²) < 4.78 is 10.6. The number of carbonyl (C=O) groups is 3. The first-order valence-electron chi connectivity index (χ1n) is 11.8. The molecule has 1 N–H and O–H groups in total. The van der Waals surface area contributed by atoms with E-state index in [0.717, 1.165) is 37.0 Å². The summed E-state index contributed by atoms with van der Waals surface area (Å²) in [7, 11) is 1.52. The summed E-state index contributed by atoms with van der Waals surface area (Å²) in [5, 5.41) is 10.7. The molecule has 35 heavy (non-hydrogen) atoms. The Morgan fingerprint density at radius 2 is 2.00 bits per heavy atom. The molecule has 186 valence electrons. The highest BCUT2D eigenvalue weighted by Crippen LogP contribution is 2.34. The number of methoxy groups -OCH3 is 1. The van der Waals surface area contributed by atoms with Crippen molar-refractivity contribution in [1.29, 1.82) is 0 Å². The molecule has 2 aromatic heterocycles. The van der Waals surface area contributed by atoms with Gasteiger partial charge in [0.15, 0.2) is 5.78 Å². The predicted molar refractivity (Wildman–Crippen MR) is 130 cm³/mol. The van der Waals surface area contributed by atoms with Crippen LogP contribution in [0.15, 0.2) is 24.3 Å². The molecule has 9 nitrogen and oxygen atoms in total. The van der Waals surface area contributed by atoms with Crippen molar-refractivity contribution in [1.82, 2.24) is 20.4 Å². The zero-order valence-electron chi connectivity index (χ0n) is 19.3. The number of hydrogen-bond acceptors (Lipinski definition) is 8. The van der Waals surface area contributed by atoms with Crippen LogP contribution in [0.4, 0.5) is 0 Å². The number of Topliss-reactive ketones (excluding diaryl/α,β-unsaturated/α-hetero) is 1. The van der Waals surface area contributed by atoms with Crippen molar-refractivity contribution in [2.75, 3.05) is 20.3 Å². The Bertz CT molecular complexity index is 1100. The largest absolute Gasteiger partial charge is 0.480 e. The predicted octanol–water partition coefficient (Wildman–Crippen LogP) is 2.68. The molecule has 3 aliphatic rings. The number of halogens is 1. The fourth-order valence-corrected chi connectivity index (χ4v) is 6.45. The Morgan fingerprint density at radius 1 is 1.20 bits per heavy atom. The van der Waals surface area contributed by atoms with Gasteiger partial charge in [0.2, 0.25) is 11.8 Å². The van der Waals surface area contributed by atoms with Crippen molar-refractivity contribution < 1.29 is 23.9 Å². The van der Waals surface area contributed by atoms with Crippen molar-refractivity contribution in [3.8, 4) is 16.5 Å². The van der Waals surface area contributed by atoms with Crippen LogP contribution in [-0.4, -0.2) is 76.5 Å². The summed E-state index contributed by atoms with van der Waals surface area (Å²) in [4.78, 5) is 42.3. The summed E-state index contributed by atoms with van der Waals surface area (Å²) in [5.74, 6) is -0.286. The Labute approximate surface area is 212 Å². The smallest absolute Gasteiger partial charge is 0.262 e. The second kappa shape index (κ2) is 10.2. The van der Waals surface area contributed by atoms with Gasteiger partial charge in [-0.05, 0) is 37.0 Å². The molecule has 2 aromatic rings. The van der Waals surface area contributed by atoms with Crippen molar-refractivity contribution in [3.63, 3.8) is 0 Å². The number of nitrogens with one attached hydrogen (secondary N) is 1. The van der Waals surface area contributed by atoms with Gasteiger partial charge in [-0.25, -0.2) is 0 Å². The zero-order valence-corrected chi connectivity index (χ0v) is 20.9. The first-order valence-corrected chi connectivity index (χ1v) is 13.1. The molecule has 4 atom stereocenters. The lowest BCUT2D eigenvalue weighted by atomic mass is 9.83. The molecular formula is C24H27ClN4O5S. The van der Waals surface area contributed by atoms with E-state index >= 15 is 0 Å². The number of likely N-dealkylation sites (tertiary alicyclic amines) is 1. The molecular weight excluding hydrogens is 492 g/mol. The molecule has 2 aliphatic heterocycles. The van der Waals surface area contributed by atoms with Crippen molar-refractivity contribution in [2.24, 2.45) is 5.92 Å². The fourth-order valence-electron chi connectivity index (χ4n) is 5.22. The minimum atomic E-state index is -0.717. The molecule has 4 heterocycles. The third-order valence-electron chi connectivity index (χ3n) is 7.01. The standard InChI is InChI=1S/C24H27ClN4O5S/c1-33-19-10-7-15(27-28-19)17-8-9-18(35-17)23(31)26-20(13-5-3-2-4-6-13)24(32)29-11-14(25)22-21(29)16(30)12-34-22/h7-10,13-14,20-22H,2-6,11-12H2,1H3,(H,26,31)/t14-,20-,21+,22+/m0/s1. The number of thiophene rings is 1. The van der Waals surface area contributed by atoms with Gasteiger partial charge in [0, 0.05) is 12.6 Å². The number of aromatic nitrogens is 2. The second-order valence-corrected chi connectivity index (χ2v) is 10.8. The normalized spacial score (nSPS) is 25.4. The number of ether oxygens (including phenoxy) is 2. The van der Waals surface area contributed by atoms with E-state index in [-0.39, 0.29) is 36.7 Å². The fraction of sp³-hybridized carbons (Fsp3) is 0.542. The average molecular weight is 519 g/mol. The number of ketones is 1. The second-order valence-electron chi connectivity index (χ2n) is 9.17. The van der Waals surface area contributed by atoms with Crippen LogP contribution in [0.3, 0.4) is 0 Å². The summed E-state index contributed by atoms with van der Waals surface area (Å²) in [5.41, 5.74) is 0.630. The van der Waals surface area contributed by atoms with Crippen LogP contribution in [0.25, 0.3) is 10.6 Å². The maximum absolute atomic E-state index is 13.8. The van der Waals surface area contributed by atoms with Crippen LogP contribution in [0.1, 0.15) is 41.8 Å². The number of nitrogens with zero attached hydrogens (tertiary/aromatic N) is 3. The molecule has 1 aliphatic carbocycles. The molecule has 0 spiro atoms. The molecule has 11 heteroatoms. The third kappa shape index (κ3) is 4.79. The molecule has 5 rings (SSSR count). The average Bonchev–Trinajstić information content (AvgIpc) is 3.61. The maximum atomic E-state index is 13.8. The van der Waals surface area contributed by atoms with E-state index in [1.54, 1.807) is 18.2 Å². The zero-order chi connectivity index (χ0) is 24.5. The number of carbonyl (C=O) groups excluding carboxylic acids is 3. The third-order valence-corrected chi connectivity index (χ3v) is 8.50. The van der Waals surface area contributed by atoms with Gasteiger partial charge < -0.3 is 19.7 Å². The highest BCUT2D eigenvalue weighted by molar-refractivity contribution is 7.17. The summed E-state index contributed by atoms with van der Waals surface area (Å²) >= 11 is 7.69. The quantitative estimate of drug-likeness (QED) is 0.585. The van der Waals surface area contributed by atoms with Crippen LogP contribution in [0, 0.1) is 5.92 Å². The summed E-state index contributed by atoms with van der Waals surface area (Å²) in [6, 6.07) is 5.63. The van der Waals surface area contributed by atoms with Crippen molar-refractivity contribution in [3.05, 3.63) is 29.1 Å². The molecule has 1 saturated carbocycles. The van der Waals surface area contributed by atoms with E-state index < -0.39 is 23.6 Å². The SMILES string of the molecule is COc1ccc(-c2ccc(C(=O)N[C@H](C(=O)N3C[C@H](Cl)[C@H]4OCC(=O)[C@H]43)C3CCCCC3)s2)nn1. The molecule has 2 saturated heterocycles. The van der Waals surface area contributed by atoms with Gasteiger partial charge in [-0.2, -0.15) is 0 Å². The van der Waals surface area contributed by atoms with Crippen LogP contribution in [-0.2, 0) is 14.3 Å². The molecule has 2 amide bonds. The maximum Gasteiger partial charge on any atom is 0.262 e. The van der Waals surface area contributed by atoms with E-state index in [2.05, 4.69) is 15.5 Å². The minimum absolute atomic E-state index is 0.0114. The van der Waals surface area contributed by atoms with E-state index in [4.69, 9.17) is 21.1 Å². The van der Waals surface area contributed by atoms with Gasteiger partial charge in [-0.3, -0.25) is 14.4 Å². The summed E-state index contributed by atoms with van der Waals surface area (Å²) in [6.07, 6.45) is 4.36. The molecule has 0 aromatic carbocycles. The summed E-state index contributed by atoms with van der Waals surface area (Å²) in [6.45, 7) is 0.203. The van der Waals surface area contributed by atoms with Crippen molar-refractivity contribution in [2.45, 2.75) is 55.7 Å². The monoisotopic (exact) mass is 518 g/mol. The Balaban J connectivity index is 1.35. The number of hydrogen-bond donors (Lipinski definition) is 1. The number of fused-ring (bicyclic) bond motifs is 1. The van der Waals surface area contributed by atoms with Gasteiger partial charge in [-0.1, -0.05) is 19.3 Å². The van der Waals surface area contributed by atoms with Crippen LogP contribution in [0.5, 0.6) is 5.88 Å². The number of amides is 2. The molecule has 0 radical (unpaired) electrons. The Morgan fingerprint density at radius 3 is 2.71 bits per heavy atom. The number of rotatable bonds is 6. The minimum Gasteiger partial charge on any atom is -0.480 e. The van der Waals surface area contributed by atoms with Crippen LogP contribution < -0.4 is 10.1 Å². The van der Waals surface area contributed by atoms with Crippen molar-refractivity contribution >= 4 is 40.5 Å². The van der Waals surface area contributed by atoms with Gasteiger partial charge >= 0.3 is 0 Å². The first-order chi connectivity index (χ1) is 17.0. The first kappa shape index (κ1) is 24.1. The van der Waals surface area contributed by atoms with Crippen LogP contribution in [0.2, 0.25) is 0 Å². The Kier molecular flexibility index (Phi) is 7.04. The van der Waals surface area contributed by atoms with E-state index in [1.165, 1.54) is 23.3 Å². The molecule has 3 fully saturated rings. The Hall–Kier alpha value is -2.56. The lowest BCUT2D eigenvalue weighted by molar-refractivity contribution is -0.139. The van der Waals surface area contributed by atoms with E-state index in [0.29, 0.717) is 16.5 Å². The lowest BCUT2D eigenvalue weighted by Gasteiger charge is -2.34. The molecule has 0 unspecified atom stereocenters. The molecule has 0 bridgehead atoms. The van der Waals surface area contributed by atoms with E-state index in [9.17, 15) is 14.4 Å². The van der Waals surface area contributed by atoms with Crippen LogP contribution >= 0.6 is 22.9 Å². The number of alkyl halides is 1. The van der Waals surface area contributed by atoms with Gasteiger partial charge in [0.25, 0.3) is 5.91 Å².